The molecule has 0 saturated carbocycles. The molecule has 0 radical (unpaired) electrons. The second-order valence-corrected chi connectivity index (χ2v) is 9.91. The molecule has 37 heavy (non-hydrogen) atoms. The molecule has 1 atom stereocenters. The van der Waals surface area contributed by atoms with Gasteiger partial charge in [-0.05, 0) is 29.2 Å². The summed E-state index contributed by atoms with van der Waals surface area (Å²) >= 11 is 0. The Bertz CT molecular complexity index is 1500. The van der Waals surface area contributed by atoms with E-state index in [1.807, 2.05) is 59.5 Å². The molecule has 1 unspecified atom stereocenters. The molecule has 0 bridgehead atoms. The van der Waals surface area contributed by atoms with Crippen molar-refractivity contribution in [3.05, 3.63) is 111 Å². The fourth-order valence-corrected chi connectivity index (χ4v) is 4.73. The zero-order valence-corrected chi connectivity index (χ0v) is 21.0. The lowest BCUT2D eigenvalue weighted by Gasteiger charge is -2.16. The molecule has 3 heterocycles. The molecule has 1 fully saturated rings. The first-order valence-corrected chi connectivity index (χ1v) is 12.5. The fraction of sp³-hybridized carbons (Fsp3) is 0.321. The number of hydrogen-bond donors (Lipinski definition) is 0. The van der Waals surface area contributed by atoms with Gasteiger partial charge in [-0.15, -0.1) is 5.10 Å². The van der Waals surface area contributed by atoms with Gasteiger partial charge in [0.25, 0.3) is 0 Å². The lowest BCUT2D eigenvalue weighted by Crippen LogP contribution is -2.40. The van der Waals surface area contributed by atoms with Crippen molar-refractivity contribution in [1.82, 2.24) is 29.0 Å². The summed E-state index contributed by atoms with van der Waals surface area (Å²) in [6.07, 6.45) is 5.44. The first kappa shape index (κ1) is 24.4. The summed E-state index contributed by atoms with van der Waals surface area (Å²) in [7, 11) is 0. The van der Waals surface area contributed by atoms with Gasteiger partial charge in [-0.2, -0.15) is 0 Å². The number of carbonyl (C=O) groups excluding carboxylic acids is 1. The monoisotopic (exact) mass is 498 g/mol. The van der Waals surface area contributed by atoms with Crippen molar-refractivity contribution < 1.29 is 4.79 Å². The molecule has 9 nitrogen and oxygen atoms in total. The Morgan fingerprint density at radius 2 is 1.68 bits per heavy atom. The van der Waals surface area contributed by atoms with Crippen molar-refractivity contribution in [3.8, 4) is 5.69 Å². The average Bonchev–Trinajstić information content (AvgIpc) is 3.48. The van der Waals surface area contributed by atoms with E-state index in [0.29, 0.717) is 43.4 Å². The summed E-state index contributed by atoms with van der Waals surface area (Å²) in [6.45, 7) is 6.19. The molecule has 2 aromatic carbocycles. The number of carbonyl (C=O) groups is 1. The van der Waals surface area contributed by atoms with E-state index in [9.17, 15) is 14.4 Å². The minimum Gasteiger partial charge on any atom is -0.338 e. The Hall–Kier alpha value is -4.27. The highest BCUT2D eigenvalue weighted by atomic mass is 16.2. The van der Waals surface area contributed by atoms with Gasteiger partial charge >= 0.3 is 11.1 Å². The maximum absolute atomic E-state index is 12.8. The van der Waals surface area contributed by atoms with Crippen LogP contribution in [-0.2, 0) is 24.4 Å². The Balaban J connectivity index is 1.23. The predicted molar refractivity (Wildman–Crippen MR) is 139 cm³/mol. The summed E-state index contributed by atoms with van der Waals surface area (Å²) in [5, 5.41) is 8.37. The molecule has 4 aromatic rings. The molecule has 5 rings (SSSR count). The van der Waals surface area contributed by atoms with Crippen molar-refractivity contribution in [2.45, 2.75) is 45.8 Å². The topological polar surface area (TPSA) is 95.0 Å². The third kappa shape index (κ3) is 5.45. The fourth-order valence-electron chi connectivity index (χ4n) is 4.73. The molecule has 0 aliphatic carbocycles. The van der Waals surface area contributed by atoms with Crippen molar-refractivity contribution in [2.24, 2.45) is 5.92 Å². The van der Waals surface area contributed by atoms with Crippen molar-refractivity contribution in [3.63, 3.8) is 0 Å². The quantitative estimate of drug-likeness (QED) is 0.348. The lowest BCUT2D eigenvalue weighted by molar-refractivity contribution is -0.128. The number of benzene rings is 2. The Morgan fingerprint density at radius 3 is 2.41 bits per heavy atom. The minimum absolute atomic E-state index is 0.138. The largest absolute Gasteiger partial charge is 0.338 e. The highest BCUT2D eigenvalue weighted by molar-refractivity contribution is 5.78. The van der Waals surface area contributed by atoms with E-state index < -0.39 is 11.1 Å². The number of amides is 1. The van der Waals surface area contributed by atoms with Crippen LogP contribution in [-0.4, -0.2) is 41.5 Å². The molecule has 1 amide bonds. The zero-order valence-electron chi connectivity index (χ0n) is 21.0. The summed E-state index contributed by atoms with van der Waals surface area (Å²) < 4.78 is 4.41. The Morgan fingerprint density at radius 1 is 0.919 bits per heavy atom. The van der Waals surface area contributed by atoms with Crippen LogP contribution in [0.3, 0.4) is 0 Å². The summed E-state index contributed by atoms with van der Waals surface area (Å²) in [5.41, 5.74) is 2.26. The second-order valence-electron chi connectivity index (χ2n) is 9.91. The molecular weight excluding hydrogens is 468 g/mol. The zero-order chi connectivity index (χ0) is 25.9. The highest BCUT2D eigenvalue weighted by Crippen LogP contribution is 2.21. The number of rotatable bonds is 8. The third-order valence-corrected chi connectivity index (χ3v) is 6.77. The van der Waals surface area contributed by atoms with E-state index in [4.69, 9.17) is 0 Å². The van der Waals surface area contributed by atoms with Gasteiger partial charge in [0, 0.05) is 50.1 Å². The van der Waals surface area contributed by atoms with E-state index in [1.165, 1.54) is 14.7 Å². The molecule has 190 valence electrons. The van der Waals surface area contributed by atoms with Crippen LogP contribution in [0.2, 0.25) is 0 Å². The standard InChI is InChI=1S/C28H30N6O3/c1-20(2)23-8-10-25(11-9-23)34-13-12-31(27(36)28(34)37)18-24-19-33(30-29-24)17-22-14-26(35)32(16-22)15-21-6-4-3-5-7-21/h3-13,19-20,22H,14-18H2,1-2H3. The predicted octanol–water partition coefficient (Wildman–Crippen LogP) is 2.81. The molecule has 9 heteroatoms. The van der Waals surface area contributed by atoms with Crippen molar-refractivity contribution >= 4 is 5.91 Å². The number of hydrogen-bond acceptors (Lipinski definition) is 5. The van der Waals surface area contributed by atoms with Gasteiger partial charge in [0.2, 0.25) is 5.91 Å². The van der Waals surface area contributed by atoms with E-state index in [1.54, 1.807) is 23.3 Å². The molecule has 0 N–H and O–H groups in total. The van der Waals surface area contributed by atoms with E-state index in [2.05, 4.69) is 24.2 Å². The summed E-state index contributed by atoms with van der Waals surface area (Å²) in [5.74, 6) is 0.661. The van der Waals surface area contributed by atoms with Gasteiger partial charge in [0.1, 0.15) is 5.69 Å². The third-order valence-electron chi connectivity index (χ3n) is 6.77. The number of likely N-dealkylation sites (tertiary alicyclic amines) is 1. The Kier molecular flexibility index (Phi) is 6.85. The van der Waals surface area contributed by atoms with Gasteiger partial charge in [0.05, 0.1) is 12.7 Å². The normalized spacial score (nSPS) is 15.6. The van der Waals surface area contributed by atoms with E-state index >= 15 is 0 Å². The van der Waals surface area contributed by atoms with Crippen LogP contribution in [0.1, 0.15) is 43.0 Å². The number of aromatic nitrogens is 5. The average molecular weight is 499 g/mol. The lowest BCUT2D eigenvalue weighted by atomic mass is 10.0. The van der Waals surface area contributed by atoms with Crippen LogP contribution in [0, 0.1) is 5.92 Å². The highest BCUT2D eigenvalue weighted by Gasteiger charge is 2.30. The van der Waals surface area contributed by atoms with Crippen LogP contribution in [0.25, 0.3) is 5.69 Å². The maximum atomic E-state index is 12.8. The van der Waals surface area contributed by atoms with Crippen LogP contribution in [0.4, 0.5) is 0 Å². The molecular formula is C28H30N6O3. The maximum Gasteiger partial charge on any atom is 0.320 e. The summed E-state index contributed by atoms with van der Waals surface area (Å²) in [4.78, 5) is 39.9. The molecule has 1 saturated heterocycles. The van der Waals surface area contributed by atoms with Gasteiger partial charge < -0.3 is 9.47 Å². The SMILES string of the molecule is CC(C)c1ccc(-n2ccn(Cc3cn(CC4CC(=O)N(Cc5ccccc5)C4)nn3)c(=O)c2=O)cc1. The molecule has 1 aliphatic rings. The smallest absolute Gasteiger partial charge is 0.320 e. The van der Waals surface area contributed by atoms with Gasteiger partial charge in [-0.1, -0.05) is 61.5 Å². The molecule has 0 spiro atoms. The van der Waals surface area contributed by atoms with Gasteiger partial charge in [-0.3, -0.25) is 23.6 Å². The van der Waals surface area contributed by atoms with Gasteiger partial charge in [0.15, 0.2) is 0 Å². The molecule has 2 aromatic heterocycles. The van der Waals surface area contributed by atoms with Crippen LogP contribution in [0.5, 0.6) is 0 Å². The first-order valence-electron chi connectivity index (χ1n) is 12.5. The summed E-state index contributed by atoms with van der Waals surface area (Å²) in [6, 6.07) is 17.6. The first-order chi connectivity index (χ1) is 17.9. The van der Waals surface area contributed by atoms with Crippen molar-refractivity contribution in [1.29, 1.82) is 0 Å². The van der Waals surface area contributed by atoms with Crippen molar-refractivity contribution in [2.75, 3.05) is 6.54 Å². The van der Waals surface area contributed by atoms with Crippen LogP contribution >= 0.6 is 0 Å². The minimum atomic E-state index is -0.622. The Labute approximate surface area is 214 Å². The number of nitrogens with zero attached hydrogens (tertiary/aromatic N) is 6. The van der Waals surface area contributed by atoms with Crippen LogP contribution in [0.15, 0.2) is 82.8 Å². The van der Waals surface area contributed by atoms with E-state index in [-0.39, 0.29) is 18.4 Å². The van der Waals surface area contributed by atoms with E-state index in [0.717, 1.165) is 5.56 Å². The molecule has 1 aliphatic heterocycles. The van der Waals surface area contributed by atoms with Gasteiger partial charge in [-0.25, -0.2) is 0 Å². The van der Waals surface area contributed by atoms with Crippen LogP contribution < -0.4 is 11.1 Å². The second kappa shape index (κ2) is 10.4.